The van der Waals surface area contributed by atoms with E-state index in [9.17, 15) is 0 Å². The van der Waals surface area contributed by atoms with Gasteiger partial charge in [0.2, 0.25) is 0 Å². The van der Waals surface area contributed by atoms with E-state index in [2.05, 4.69) is 35.8 Å². The fourth-order valence-corrected chi connectivity index (χ4v) is 4.15. The molecular formula is C16H22BrClO. The average Bonchev–Trinajstić information content (AvgIpc) is 2.70. The zero-order valence-corrected chi connectivity index (χ0v) is 14.2. The van der Waals surface area contributed by atoms with Crippen molar-refractivity contribution in [2.75, 3.05) is 6.61 Å². The molecule has 1 aromatic rings. The van der Waals surface area contributed by atoms with Crippen LogP contribution in [0.15, 0.2) is 22.7 Å². The molecule has 0 radical (unpaired) electrons. The molecule has 1 aromatic carbocycles. The van der Waals surface area contributed by atoms with E-state index >= 15 is 0 Å². The van der Waals surface area contributed by atoms with E-state index in [-0.39, 0.29) is 5.38 Å². The Morgan fingerprint density at radius 2 is 2.21 bits per heavy atom. The molecule has 19 heavy (non-hydrogen) atoms. The number of alkyl halides is 1. The third kappa shape index (κ3) is 3.28. The highest BCUT2D eigenvalue weighted by atomic mass is 79.9. The van der Waals surface area contributed by atoms with Gasteiger partial charge in [-0.1, -0.05) is 36.2 Å². The van der Waals surface area contributed by atoms with Crippen molar-refractivity contribution >= 4 is 27.5 Å². The van der Waals surface area contributed by atoms with Crippen LogP contribution in [0.25, 0.3) is 0 Å². The van der Waals surface area contributed by atoms with E-state index < -0.39 is 0 Å². The van der Waals surface area contributed by atoms with Crippen LogP contribution in [0.2, 0.25) is 0 Å². The number of ether oxygens (including phenoxy) is 1. The largest absolute Gasteiger partial charge is 0.494 e. The average molecular weight is 346 g/mol. The lowest BCUT2D eigenvalue weighted by Crippen LogP contribution is -2.22. The van der Waals surface area contributed by atoms with Gasteiger partial charge >= 0.3 is 0 Å². The molecule has 2 unspecified atom stereocenters. The van der Waals surface area contributed by atoms with Crippen LogP contribution in [0.3, 0.4) is 0 Å². The van der Waals surface area contributed by atoms with E-state index in [1.165, 1.54) is 19.3 Å². The van der Waals surface area contributed by atoms with Crippen LogP contribution in [0, 0.1) is 11.3 Å². The van der Waals surface area contributed by atoms with Crippen LogP contribution in [0.4, 0.5) is 0 Å². The zero-order valence-electron chi connectivity index (χ0n) is 11.9. The molecule has 0 aromatic heterocycles. The quantitative estimate of drug-likeness (QED) is 0.612. The second kappa shape index (κ2) is 6.05. The maximum Gasteiger partial charge on any atom is 0.124 e. The fraction of sp³-hybridized carbons (Fsp3) is 0.625. The predicted molar refractivity (Wildman–Crippen MR) is 85.0 cm³/mol. The van der Waals surface area contributed by atoms with Crippen molar-refractivity contribution in [3.63, 3.8) is 0 Å². The molecule has 0 N–H and O–H groups in total. The topological polar surface area (TPSA) is 9.23 Å². The first-order chi connectivity index (χ1) is 8.95. The molecule has 3 heteroatoms. The van der Waals surface area contributed by atoms with Gasteiger partial charge in [-0.3, -0.25) is 0 Å². The predicted octanol–water partition coefficient (Wildman–Crippen LogP) is 5.95. The summed E-state index contributed by atoms with van der Waals surface area (Å²) in [5.41, 5.74) is 1.44. The molecule has 1 aliphatic carbocycles. The van der Waals surface area contributed by atoms with E-state index in [1.807, 2.05) is 19.1 Å². The summed E-state index contributed by atoms with van der Waals surface area (Å²) >= 11 is 10.3. The Morgan fingerprint density at radius 3 is 2.79 bits per heavy atom. The molecule has 0 spiro atoms. The molecule has 0 amide bonds. The molecule has 106 valence electrons. The van der Waals surface area contributed by atoms with Crippen LogP contribution in [-0.4, -0.2) is 6.61 Å². The first-order valence-corrected chi connectivity index (χ1v) is 8.25. The van der Waals surface area contributed by atoms with Gasteiger partial charge in [-0.25, -0.2) is 0 Å². The minimum Gasteiger partial charge on any atom is -0.494 e. The summed E-state index contributed by atoms with van der Waals surface area (Å²) in [6, 6.07) is 6.13. The van der Waals surface area contributed by atoms with Crippen LogP contribution in [0.1, 0.15) is 51.0 Å². The highest BCUT2D eigenvalue weighted by Crippen LogP contribution is 2.52. The Bertz CT molecular complexity index is 444. The van der Waals surface area contributed by atoms with Crippen molar-refractivity contribution in [3.05, 3.63) is 28.2 Å². The second-order valence-electron chi connectivity index (χ2n) is 6.00. The van der Waals surface area contributed by atoms with Gasteiger partial charge in [0.1, 0.15) is 5.75 Å². The van der Waals surface area contributed by atoms with Crippen LogP contribution in [0.5, 0.6) is 5.75 Å². The van der Waals surface area contributed by atoms with Crippen LogP contribution in [-0.2, 0) is 0 Å². The van der Waals surface area contributed by atoms with Crippen molar-refractivity contribution in [1.29, 1.82) is 0 Å². The maximum atomic E-state index is 6.81. The molecule has 1 saturated carbocycles. The molecule has 0 aliphatic heterocycles. The summed E-state index contributed by atoms with van der Waals surface area (Å²) in [5.74, 6) is 1.44. The molecule has 0 bridgehead atoms. The van der Waals surface area contributed by atoms with Gasteiger partial charge in [0.15, 0.2) is 0 Å². The van der Waals surface area contributed by atoms with Crippen molar-refractivity contribution in [2.45, 2.75) is 45.4 Å². The van der Waals surface area contributed by atoms with Gasteiger partial charge in [0.25, 0.3) is 0 Å². The molecule has 1 aliphatic rings. The first kappa shape index (κ1) is 15.2. The van der Waals surface area contributed by atoms with Crippen LogP contribution >= 0.6 is 27.5 Å². The Hall–Kier alpha value is -0.210. The monoisotopic (exact) mass is 344 g/mol. The first-order valence-electron chi connectivity index (χ1n) is 7.02. The van der Waals surface area contributed by atoms with E-state index in [0.29, 0.717) is 17.9 Å². The standard InChI is InChI=1S/C16H22BrClO/c1-4-19-14-8-7-11(17)10-12(14)15(18)13-6-5-9-16(13,2)3/h7-8,10,13,15H,4-6,9H2,1-3H3. The van der Waals surface area contributed by atoms with Gasteiger partial charge in [-0.2, -0.15) is 0 Å². The highest BCUT2D eigenvalue weighted by Gasteiger charge is 2.40. The minimum absolute atomic E-state index is 0.0246. The van der Waals surface area contributed by atoms with Gasteiger partial charge in [-0.15, -0.1) is 11.6 Å². The van der Waals surface area contributed by atoms with Gasteiger partial charge in [0.05, 0.1) is 12.0 Å². The normalized spacial score (nSPS) is 23.3. The summed E-state index contributed by atoms with van der Waals surface area (Å²) in [6.07, 6.45) is 3.75. The lowest BCUT2D eigenvalue weighted by molar-refractivity contribution is 0.248. The van der Waals surface area contributed by atoms with Gasteiger partial charge in [0, 0.05) is 10.0 Å². The maximum absolute atomic E-state index is 6.81. The number of hydrogen-bond acceptors (Lipinski definition) is 1. The Labute approximate surface area is 129 Å². The lowest BCUT2D eigenvalue weighted by atomic mass is 9.78. The molecule has 2 rings (SSSR count). The second-order valence-corrected chi connectivity index (χ2v) is 7.39. The lowest BCUT2D eigenvalue weighted by Gasteiger charge is -2.31. The van der Waals surface area contributed by atoms with E-state index in [0.717, 1.165) is 15.8 Å². The zero-order chi connectivity index (χ0) is 14.0. The Balaban J connectivity index is 2.32. The molecule has 1 nitrogen and oxygen atoms in total. The minimum atomic E-state index is 0.0246. The number of benzene rings is 1. The van der Waals surface area contributed by atoms with Crippen LogP contribution < -0.4 is 4.74 Å². The SMILES string of the molecule is CCOc1ccc(Br)cc1C(Cl)C1CCCC1(C)C. The third-order valence-corrected chi connectivity index (χ3v) is 5.29. The molecule has 0 heterocycles. The summed E-state index contributed by atoms with van der Waals surface area (Å²) in [5, 5.41) is 0.0246. The number of rotatable bonds is 4. The van der Waals surface area contributed by atoms with E-state index in [1.54, 1.807) is 0 Å². The van der Waals surface area contributed by atoms with Gasteiger partial charge < -0.3 is 4.74 Å². The number of hydrogen-bond donors (Lipinski definition) is 0. The molecule has 0 saturated heterocycles. The number of halogens is 2. The van der Waals surface area contributed by atoms with Crippen molar-refractivity contribution in [2.24, 2.45) is 11.3 Å². The summed E-state index contributed by atoms with van der Waals surface area (Å²) in [6.45, 7) is 7.34. The van der Waals surface area contributed by atoms with Gasteiger partial charge in [-0.05, 0) is 49.3 Å². The third-order valence-electron chi connectivity index (χ3n) is 4.26. The molecule has 1 fully saturated rings. The summed E-state index contributed by atoms with van der Waals surface area (Å²) in [4.78, 5) is 0. The Kier molecular flexibility index (Phi) is 4.84. The van der Waals surface area contributed by atoms with Crippen molar-refractivity contribution in [3.8, 4) is 5.75 Å². The summed E-state index contributed by atoms with van der Waals surface area (Å²) in [7, 11) is 0. The smallest absolute Gasteiger partial charge is 0.124 e. The van der Waals surface area contributed by atoms with Crippen molar-refractivity contribution in [1.82, 2.24) is 0 Å². The van der Waals surface area contributed by atoms with Crippen molar-refractivity contribution < 1.29 is 4.74 Å². The highest BCUT2D eigenvalue weighted by molar-refractivity contribution is 9.10. The molecule has 2 atom stereocenters. The Morgan fingerprint density at radius 1 is 1.47 bits per heavy atom. The van der Waals surface area contributed by atoms with E-state index in [4.69, 9.17) is 16.3 Å². The summed E-state index contributed by atoms with van der Waals surface area (Å²) < 4.78 is 6.80. The molecular weight excluding hydrogens is 324 g/mol. The fourth-order valence-electron chi connectivity index (χ4n) is 3.13.